The van der Waals surface area contributed by atoms with E-state index in [-0.39, 0.29) is 5.54 Å². The molecule has 0 bridgehead atoms. The second kappa shape index (κ2) is 4.46. The van der Waals surface area contributed by atoms with E-state index in [2.05, 4.69) is 26.2 Å². The first-order valence-electron chi connectivity index (χ1n) is 6.26. The average Bonchev–Trinajstić information content (AvgIpc) is 2.66. The fraction of sp³-hybridized carbons (Fsp3) is 0.769. The largest absolute Gasteiger partial charge is 0.319 e. The number of aromatic nitrogens is 1. The molecule has 0 spiro atoms. The number of hydrogen-bond donors (Lipinski definition) is 1. The average molecular weight is 238 g/mol. The van der Waals surface area contributed by atoms with Crippen molar-refractivity contribution >= 4 is 11.3 Å². The highest BCUT2D eigenvalue weighted by atomic mass is 32.1. The number of hydrogen-bond acceptors (Lipinski definition) is 3. The van der Waals surface area contributed by atoms with Crippen molar-refractivity contribution in [3.63, 3.8) is 0 Å². The van der Waals surface area contributed by atoms with Gasteiger partial charge in [0.1, 0.15) is 5.01 Å². The van der Waals surface area contributed by atoms with Gasteiger partial charge in [-0.05, 0) is 24.7 Å². The van der Waals surface area contributed by atoms with Gasteiger partial charge in [-0.15, -0.1) is 11.3 Å². The normalized spacial score (nSPS) is 30.9. The van der Waals surface area contributed by atoms with Crippen molar-refractivity contribution < 1.29 is 0 Å². The molecule has 1 aromatic rings. The van der Waals surface area contributed by atoms with Crippen LogP contribution in [-0.2, 0) is 5.54 Å². The molecule has 0 aromatic carbocycles. The van der Waals surface area contributed by atoms with Crippen LogP contribution in [0.4, 0.5) is 0 Å². The summed E-state index contributed by atoms with van der Waals surface area (Å²) in [5.41, 5.74) is 7.59. The van der Waals surface area contributed by atoms with Crippen molar-refractivity contribution in [3.8, 4) is 0 Å². The molecule has 0 aliphatic heterocycles. The quantitative estimate of drug-likeness (QED) is 0.854. The van der Waals surface area contributed by atoms with Crippen LogP contribution in [0.3, 0.4) is 0 Å². The Morgan fingerprint density at radius 3 is 2.88 bits per heavy atom. The van der Waals surface area contributed by atoms with Crippen molar-refractivity contribution in [2.24, 2.45) is 11.7 Å². The lowest BCUT2D eigenvalue weighted by atomic mass is 9.77. The lowest BCUT2D eigenvalue weighted by molar-refractivity contribution is 0.238. The van der Waals surface area contributed by atoms with Gasteiger partial charge >= 0.3 is 0 Å². The van der Waals surface area contributed by atoms with E-state index in [1.165, 1.54) is 18.5 Å². The standard InChI is InChI=1S/C13H22N2S/c1-9(2)11-8-16-12(15-11)13(14)6-4-5-10(3)7-13/h8-10H,4-7,14H2,1-3H3. The summed E-state index contributed by atoms with van der Waals surface area (Å²) < 4.78 is 0. The molecule has 2 rings (SSSR count). The lowest BCUT2D eigenvalue weighted by Crippen LogP contribution is -2.40. The van der Waals surface area contributed by atoms with E-state index in [0.29, 0.717) is 5.92 Å². The summed E-state index contributed by atoms with van der Waals surface area (Å²) in [5, 5.41) is 3.33. The maximum absolute atomic E-state index is 6.53. The zero-order chi connectivity index (χ0) is 11.8. The van der Waals surface area contributed by atoms with E-state index in [1.54, 1.807) is 11.3 Å². The van der Waals surface area contributed by atoms with Crippen molar-refractivity contribution in [3.05, 3.63) is 16.1 Å². The predicted molar refractivity (Wildman–Crippen MR) is 69.7 cm³/mol. The minimum absolute atomic E-state index is 0.143. The van der Waals surface area contributed by atoms with Crippen LogP contribution in [0.5, 0.6) is 0 Å². The SMILES string of the molecule is CC1CCCC(N)(c2nc(C(C)C)cs2)C1. The highest BCUT2D eigenvalue weighted by molar-refractivity contribution is 7.09. The van der Waals surface area contributed by atoms with Gasteiger partial charge in [-0.1, -0.05) is 33.6 Å². The molecule has 90 valence electrons. The molecule has 1 aliphatic rings. The van der Waals surface area contributed by atoms with Gasteiger partial charge in [0.15, 0.2) is 0 Å². The van der Waals surface area contributed by atoms with Crippen molar-refractivity contribution in [1.29, 1.82) is 0 Å². The molecule has 2 nitrogen and oxygen atoms in total. The van der Waals surface area contributed by atoms with Crippen molar-refractivity contribution in [2.75, 3.05) is 0 Å². The van der Waals surface area contributed by atoms with Gasteiger partial charge in [-0.3, -0.25) is 0 Å². The minimum Gasteiger partial charge on any atom is -0.319 e. The Hall–Kier alpha value is -0.410. The maximum atomic E-state index is 6.53. The highest BCUT2D eigenvalue weighted by Gasteiger charge is 2.35. The number of rotatable bonds is 2. The monoisotopic (exact) mass is 238 g/mol. The van der Waals surface area contributed by atoms with E-state index in [4.69, 9.17) is 10.7 Å². The van der Waals surface area contributed by atoms with Gasteiger partial charge in [-0.25, -0.2) is 4.98 Å². The van der Waals surface area contributed by atoms with E-state index in [1.807, 2.05) is 0 Å². The fourth-order valence-electron chi connectivity index (χ4n) is 2.57. The minimum atomic E-state index is -0.143. The third-order valence-electron chi connectivity index (χ3n) is 3.57. The van der Waals surface area contributed by atoms with Crippen LogP contribution in [0, 0.1) is 5.92 Å². The Labute approximate surface area is 102 Å². The van der Waals surface area contributed by atoms with Crippen LogP contribution < -0.4 is 5.73 Å². The summed E-state index contributed by atoms with van der Waals surface area (Å²) >= 11 is 1.75. The summed E-state index contributed by atoms with van der Waals surface area (Å²) in [6.45, 7) is 6.68. The van der Waals surface area contributed by atoms with Crippen LogP contribution in [0.1, 0.15) is 63.1 Å². The summed E-state index contributed by atoms with van der Waals surface area (Å²) in [6, 6.07) is 0. The molecule has 0 amide bonds. The first-order valence-corrected chi connectivity index (χ1v) is 7.14. The molecule has 1 fully saturated rings. The van der Waals surface area contributed by atoms with Gasteiger partial charge in [0.2, 0.25) is 0 Å². The fourth-order valence-corrected chi connectivity index (χ4v) is 3.70. The van der Waals surface area contributed by atoms with Gasteiger partial charge in [0.25, 0.3) is 0 Å². The predicted octanol–water partition coefficient (Wildman–Crippen LogP) is 3.63. The summed E-state index contributed by atoms with van der Waals surface area (Å²) in [5.74, 6) is 1.25. The van der Waals surface area contributed by atoms with Gasteiger partial charge in [-0.2, -0.15) is 0 Å². The van der Waals surface area contributed by atoms with Gasteiger partial charge in [0, 0.05) is 5.38 Å². The van der Waals surface area contributed by atoms with Crippen molar-refractivity contribution in [2.45, 2.75) is 57.9 Å². The summed E-state index contributed by atoms with van der Waals surface area (Å²) in [4.78, 5) is 4.73. The molecule has 3 heteroatoms. The molecule has 2 N–H and O–H groups in total. The van der Waals surface area contributed by atoms with Crippen LogP contribution in [0.2, 0.25) is 0 Å². The number of nitrogens with zero attached hydrogens (tertiary/aromatic N) is 1. The molecule has 0 saturated heterocycles. The molecule has 0 radical (unpaired) electrons. The third-order valence-corrected chi connectivity index (χ3v) is 4.65. The Morgan fingerprint density at radius 1 is 1.56 bits per heavy atom. The molecular weight excluding hydrogens is 216 g/mol. The molecule has 1 saturated carbocycles. The Morgan fingerprint density at radius 2 is 2.31 bits per heavy atom. The molecule has 2 atom stereocenters. The van der Waals surface area contributed by atoms with Crippen LogP contribution in [0.25, 0.3) is 0 Å². The molecule has 16 heavy (non-hydrogen) atoms. The van der Waals surface area contributed by atoms with Crippen LogP contribution >= 0.6 is 11.3 Å². The molecular formula is C13H22N2S. The first kappa shape index (κ1) is 12.1. The highest BCUT2D eigenvalue weighted by Crippen LogP contribution is 2.39. The van der Waals surface area contributed by atoms with Gasteiger partial charge in [0.05, 0.1) is 11.2 Å². The third kappa shape index (κ3) is 2.30. The zero-order valence-corrected chi connectivity index (χ0v) is 11.3. The van der Waals surface area contributed by atoms with E-state index < -0.39 is 0 Å². The van der Waals surface area contributed by atoms with E-state index in [0.717, 1.165) is 23.8 Å². The second-order valence-corrected chi connectivity index (χ2v) is 6.45. The maximum Gasteiger partial charge on any atom is 0.113 e. The second-order valence-electron chi connectivity index (χ2n) is 5.59. The smallest absolute Gasteiger partial charge is 0.113 e. The van der Waals surface area contributed by atoms with Crippen LogP contribution in [0.15, 0.2) is 5.38 Å². The molecule has 1 aromatic heterocycles. The summed E-state index contributed by atoms with van der Waals surface area (Å²) in [6.07, 6.45) is 4.76. The molecule has 1 aliphatic carbocycles. The molecule has 1 heterocycles. The first-order chi connectivity index (χ1) is 7.51. The lowest BCUT2D eigenvalue weighted by Gasteiger charge is -2.35. The zero-order valence-electron chi connectivity index (χ0n) is 10.5. The summed E-state index contributed by atoms with van der Waals surface area (Å²) in [7, 11) is 0. The Kier molecular flexibility index (Phi) is 3.36. The number of thiazole rings is 1. The van der Waals surface area contributed by atoms with Gasteiger partial charge < -0.3 is 5.73 Å². The van der Waals surface area contributed by atoms with Crippen molar-refractivity contribution in [1.82, 2.24) is 4.98 Å². The Bertz CT molecular complexity index is 359. The topological polar surface area (TPSA) is 38.9 Å². The van der Waals surface area contributed by atoms with E-state index in [9.17, 15) is 0 Å². The van der Waals surface area contributed by atoms with Crippen LogP contribution in [-0.4, -0.2) is 4.98 Å². The molecule has 2 unspecified atom stereocenters. The van der Waals surface area contributed by atoms with E-state index >= 15 is 0 Å². The Balaban J connectivity index is 2.21. The number of nitrogens with two attached hydrogens (primary N) is 1.